The second-order valence-corrected chi connectivity index (χ2v) is 8.35. The molecule has 2 fully saturated rings. The van der Waals surface area contributed by atoms with E-state index in [2.05, 4.69) is 6.07 Å². The number of hydrogen-bond donors (Lipinski definition) is 0. The van der Waals surface area contributed by atoms with Gasteiger partial charge in [-0.3, -0.25) is 9.69 Å². The third-order valence-corrected chi connectivity index (χ3v) is 6.35. The van der Waals surface area contributed by atoms with Crippen molar-refractivity contribution in [2.24, 2.45) is 10.4 Å². The Morgan fingerprint density at radius 2 is 1.93 bits per heavy atom. The maximum atomic E-state index is 12.6. The highest BCUT2D eigenvalue weighted by atomic mass is 32.2. The van der Waals surface area contributed by atoms with Crippen LogP contribution >= 0.6 is 11.8 Å². The minimum atomic E-state index is -0.0404. The summed E-state index contributed by atoms with van der Waals surface area (Å²) in [6, 6.07) is 13.9. The van der Waals surface area contributed by atoms with Crippen molar-refractivity contribution < 1.29 is 9.53 Å². The first-order chi connectivity index (χ1) is 13.7. The number of fused-ring (bicyclic) bond motifs is 1. The van der Waals surface area contributed by atoms with Gasteiger partial charge in [-0.25, -0.2) is 0 Å². The quantitative estimate of drug-likeness (QED) is 0.645. The van der Waals surface area contributed by atoms with Crippen molar-refractivity contribution in [1.82, 2.24) is 4.90 Å². The molecular weight excluding hydrogens is 370 g/mol. The van der Waals surface area contributed by atoms with Crippen molar-refractivity contribution in [1.29, 1.82) is 5.26 Å². The summed E-state index contributed by atoms with van der Waals surface area (Å²) in [6.45, 7) is 1.28. The highest BCUT2D eigenvalue weighted by Crippen LogP contribution is 2.41. The number of amides is 1. The number of hydrogen-bond acceptors (Lipinski definition) is 5. The number of rotatable bonds is 1. The Morgan fingerprint density at radius 1 is 1.18 bits per heavy atom. The smallest absolute Gasteiger partial charge is 0.300 e. The molecule has 0 radical (unpaired) electrons. The summed E-state index contributed by atoms with van der Waals surface area (Å²) >= 11 is 1.19. The second kappa shape index (κ2) is 7.84. The van der Waals surface area contributed by atoms with Gasteiger partial charge in [-0.1, -0.05) is 55.3 Å². The molecule has 28 heavy (non-hydrogen) atoms. The van der Waals surface area contributed by atoms with Crippen molar-refractivity contribution in [3.8, 4) is 6.07 Å². The number of nitriles is 1. The maximum Gasteiger partial charge on any atom is 0.300 e. The van der Waals surface area contributed by atoms with Crippen LogP contribution in [0, 0.1) is 16.7 Å². The summed E-state index contributed by atoms with van der Waals surface area (Å²) in [5, 5.41) is 11.1. The van der Waals surface area contributed by atoms with Gasteiger partial charge in [0, 0.05) is 22.7 Å². The summed E-state index contributed by atoms with van der Waals surface area (Å²) in [4.78, 5) is 19.1. The molecule has 144 valence electrons. The lowest BCUT2D eigenvalue weighted by molar-refractivity contribution is 0.0282. The van der Waals surface area contributed by atoms with Crippen LogP contribution in [-0.2, 0) is 4.74 Å². The van der Waals surface area contributed by atoms with Crippen LogP contribution in [0.4, 0.5) is 10.5 Å². The zero-order valence-corrected chi connectivity index (χ0v) is 16.8. The summed E-state index contributed by atoms with van der Waals surface area (Å²) in [7, 11) is 0. The molecule has 0 atom stereocenters. The summed E-state index contributed by atoms with van der Waals surface area (Å²) in [5.74, 6) is 0. The average molecular weight is 394 g/mol. The lowest BCUT2D eigenvalue weighted by Crippen LogP contribution is -2.52. The van der Waals surface area contributed by atoms with Gasteiger partial charge in [0.15, 0.2) is 0 Å². The fourth-order valence-electron chi connectivity index (χ4n) is 4.28. The minimum absolute atomic E-state index is 0.0404. The molecule has 1 aliphatic carbocycles. The number of carbonyl (C=O) groups is 1. The summed E-state index contributed by atoms with van der Waals surface area (Å²) < 4.78 is 6.09. The van der Waals surface area contributed by atoms with E-state index in [0.717, 1.165) is 23.6 Å². The lowest BCUT2D eigenvalue weighted by atomic mass is 9.74. The van der Waals surface area contributed by atoms with Crippen molar-refractivity contribution >= 4 is 39.5 Å². The molecule has 1 saturated carbocycles. The van der Waals surface area contributed by atoms with Gasteiger partial charge in [0.25, 0.3) is 11.3 Å². The molecule has 2 aliphatic rings. The van der Waals surface area contributed by atoms with Gasteiger partial charge in [-0.2, -0.15) is 10.3 Å². The van der Waals surface area contributed by atoms with E-state index in [4.69, 9.17) is 9.73 Å². The van der Waals surface area contributed by atoms with Crippen LogP contribution in [0.2, 0.25) is 0 Å². The van der Waals surface area contributed by atoms with Crippen LogP contribution in [0.1, 0.15) is 37.7 Å². The number of ether oxygens (including phenoxy) is 1. The molecular formula is C22H23N3O2S. The fraction of sp³-hybridized carbons (Fsp3) is 0.409. The Labute approximate surface area is 169 Å². The zero-order valence-electron chi connectivity index (χ0n) is 16.0. The second-order valence-electron chi connectivity index (χ2n) is 7.59. The molecule has 1 saturated heterocycles. The van der Waals surface area contributed by atoms with Crippen LogP contribution in [0.15, 0.2) is 41.4 Å². The first-order valence-electron chi connectivity index (χ1n) is 9.65. The van der Waals surface area contributed by atoms with E-state index in [1.807, 2.05) is 30.3 Å². The molecule has 1 amide bonds. The monoisotopic (exact) mass is 393 g/mol. The molecule has 2 aromatic carbocycles. The molecule has 2 aromatic rings. The van der Waals surface area contributed by atoms with E-state index in [-0.39, 0.29) is 10.7 Å². The Kier molecular flexibility index (Phi) is 5.27. The Hall–Kier alpha value is -2.52. The number of carbonyl (C=O) groups excluding carboxylic acids is 1. The number of thioether (sulfide) groups is 1. The predicted molar refractivity (Wildman–Crippen MR) is 113 cm³/mol. The number of nitrogens with zero attached hydrogens (tertiary/aromatic N) is 3. The largest absolute Gasteiger partial charge is 0.464 e. The van der Waals surface area contributed by atoms with Crippen LogP contribution < -0.4 is 0 Å². The van der Waals surface area contributed by atoms with Gasteiger partial charge < -0.3 is 4.74 Å². The van der Waals surface area contributed by atoms with Crippen molar-refractivity contribution in [2.45, 2.75) is 32.1 Å². The first kappa shape index (κ1) is 18.8. The van der Waals surface area contributed by atoms with E-state index in [9.17, 15) is 10.1 Å². The molecule has 0 bridgehead atoms. The van der Waals surface area contributed by atoms with E-state index in [0.29, 0.717) is 30.4 Å². The summed E-state index contributed by atoms with van der Waals surface area (Å²) in [5.41, 5.74) is 1.38. The zero-order chi connectivity index (χ0) is 19.6. The van der Waals surface area contributed by atoms with E-state index in [1.165, 1.54) is 31.0 Å². The Morgan fingerprint density at radius 3 is 2.64 bits per heavy atom. The molecule has 0 N–H and O–H groups in total. The van der Waals surface area contributed by atoms with Crippen molar-refractivity contribution in [2.75, 3.05) is 19.4 Å². The number of benzene rings is 2. The molecule has 4 rings (SSSR count). The van der Waals surface area contributed by atoms with E-state index < -0.39 is 0 Å². The molecule has 0 aromatic heterocycles. The normalized spacial score (nSPS) is 20.1. The molecule has 1 spiro atoms. The lowest BCUT2D eigenvalue weighted by Gasteiger charge is -2.44. The third-order valence-electron chi connectivity index (χ3n) is 5.78. The van der Waals surface area contributed by atoms with Gasteiger partial charge >= 0.3 is 0 Å². The molecule has 1 heterocycles. The van der Waals surface area contributed by atoms with Crippen LogP contribution in [-0.4, -0.2) is 35.6 Å². The Bertz CT molecular complexity index is 973. The van der Waals surface area contributed by atoms with E-state index in [1.54, 1.807) is 17.2 Å². The van der Waals surface area contributed by atoms with Gasteiger partial charge in [0.1, 0.15) is 0 Å². The van der Waals surface area contributed by atoms with Crippen molar-refractivity contribution in [3.05, 3.63) is 42.0 Å². The molecule has 5 nitrogen and oxygen atoms in total. The van der Waals surface area contributed by atoms with Gasteiger partial charge in [-0.05, 0) is 31.2 Å². The fourth-order valence-corrected chi connectivity index (χ4v) is 4.64. The van der Waals surface area contributed by atoms with Gasteiger partial charge in [0.05, 0.1) is 23.9 Å². The Balaban J connectivity index is 1.73. The molecule has 0 unspecified atom stereocenters. The van der Waals surface area contributed by atoms with Crippen LogP contribution in [0.3, 0.4) is 0 Å². The maximum absolute atomic E-state index is 12.6. The van der Waals surface area contributed by atoms with Gasteiger partial charge in [-0.15, -0.1) is 0 Å². The standard InChI is InChI=1S/C22H23N3O2S/c1-28-21(26)25-14-22(11-5-2-6-12-22)15-27-20(25)24-19-10-9-16(13-23)17-7-3-4-8-18(17)19/h3-4,7-10H,2,5-6,11-12,14-15H2,1H3. The van der Waals surface area contributed by atoms with E-state index >= 15 is 0 Å². The topological polar surface area (TPSA) is 65.7 Å². The first-order valence-corrected chi connectivity index (χ1v) is 10.9. The van der Waals surface area contributed by atoms with Crippen LogP contribution in [0.5, 0.6) is 0 Å². The highest BCUT2D eigenvalue weighted by molar-refractivity contribution is 8.12. The molecule has 6 heteroatoms. The average Bonchev–Trinajstić information content (AvgIpc) is 2.75. The van der Waals surface area contributed by atoms with Crippen LogP contribution in [0.25, 0.3) is 10.8 Å². The predicted octanol–water partition coefficient (Wildman–Crippen LogP) is 5.46. The van der Waals surface area contributed by atoms with Gasteiger partial charge in [0.2, 0.25) is 0 Å². The SMILES string of the molecule is CSC(=O)N1CC2(CCCCC2)COC1=Nc1ccc(C#N)c2ccccc12. The van der Waals surface area contributed by atoms with Crippen molar-refractivity contribution in [3.63, 3.8) is 0 Å². The minimum Gasteiger partial charge on any atom is -0.464 e. The third kappa shape index (κ3) is 3.47. The highest BCUT2D eigenvalue weighted by Gasteiger charge is 2.42. The summed E-state index contributed by atoms with van der Waals surface area (Å²) in [6.07, 6.45) is 7.63. The number of amidine groups is 1. The molecule has 1 aliphatic heterocycles. The number of aliphatic imine (C=N–C) groups is 1.